The molecule has 0 atom stereocenters. The van der Waals surface area contributed by atoms with Crippen molar-refractivity contribution in [3.05, 3.63) is 237 Å². The van der Waals surface area contributed by atoms with Gasteiger partial charge in [0.1, 0.15) is 0 Å². The fourth-order valence-corrected chi connectivity index (χ4v) is 9.87. The summed E-state index contributed by atoms with van der Waals surface area (Å²) in [4.78, 5) is 11.8. The molecule has 2 heterocycles. The van der Waals surface area contributed by atoms with Crippen LogP contribution in [0.15, 0.2) is 237 Å². The third-order valence-electron chi connectivity index (χ3n) is 13.3. The number of anilines is 3. The van der Waals surface area contributed by atoms with Gasteiger partial charge in [-0.1, -0.05) is 152 Å². The van der Waals surface area contributed by atoms with E-state index < -0.39 is 0 Å². The summed E-state index contributed by atoms with van der Waals surface area (Å²) in [5, 5.41) is 14.5. The smallest absolute Gasteiger partial charge is 0.0708 e. The molecule has 0 spiro atoms. The summed E-state index contributed by atoms with van der Waals surface area (Å²) in [5.74, 6) is 0. The van der Waals surface area contributed by atoms with Crippen molar-refractivity contribution in [1.29, 1.82) is 0 Å². The first-order valence-electron chi connectivity index (χ1n) is 22.2. The van der Waals surface area contributed by atoms with Crippen LogP contribution >= 0.6 is 0 Å². The molecule has 0 N–H and O–H groups in total. The van der Waals surface area contributed by atoms with E-state index in [-0.39, 0.29) is 0 Å². The number of rotatable bonds is 6. The summed E-state index contributed by atoms with van der Waals surface area (Å²) in [7, 11) is 0. The quantitative estimate of drug-likeness (QED) is 0.156. The summed E-state index contributed by atoms with van der Waals surface area (Å²) >= 11 is 0. The molecule has 0 aliphatic rings. The molecule has 0 saturated carbocycles. The van der Waals surface area contributed by atoms with Gasteiger partial charge < -0.3 is 4.90 Å². The standard InChI is InChI=1S/C62H39N3/c1-2-8-43-33-44(14-13-40(43)7-1)45-25-31-55-48(34-45)17-18-49-35-54(30-32-56(49)55)65(52-26-21-41(22-27-52)46-15-19-50-38-63-61-11-5-3-9-57(61)59(50)36-46)53-28-23-42(24-29-53)47-16-20-51-39-64-62-12-6-4-10-58(62)60(51)37-47/h1-39H. The minimum absolute atomic E-state index is 1.01. The molecule has 0 bridgehead atoms. The first-order valence-corrected chi connectivity index (χ1v) is 22.2. The third kappa shape index (κ3) is 6.44. The van der Waals surface area contributed by atoms with Crippen molar-refractivity contribution in [2.45, 2.75) is 0 Å². The van der Waals surface area contributed by atoms with E-state index in [0.29, 0.717) is 0 Å². The molecule has 2 aromatic heterocycles. The average Bonchev–Trinajstić information content (AvgIpc) is 3.38. The monoisotopic (exact) mass is 825 g/mol. The lowest BCUT2D eigenvalue weighted by Crippen LogP contribution is -2.09. The van der Waals surface area contributed by atoms with Crippen LogP contribution in [0, 0.1) is 0 Å². The number of hydrogen-bond donors (Lipinski definition) is 0. The van der Waals surface area contributed by atoms with Crippen LogP contribution in [0.25, 0.3) is 109 Å². The molecule has 0 radical (unpaired) electrons. The van der Waals surface area contributed by atoms with E-state index in [4.69, 9.17) is 9.97 Å². The van der Waals surface area contributed by atoms with Crippen molar-refractivity contribution in [2.75, 3.05) is 4.90 Å². The van der Waals surface area contributed by atoms with Crippen LogP contribution in [0.2, 0.25) is 0 Å². The highest BCUT2D eigenvalue weighted by Crippen LogP contribution is 2.41. The van der Waals surface area contributed by atoms with E-state index in [9.17, 15) is 0 Å². The fraction of sp³-hybridized carbons (Fsp3) is 0. The first-order chi connectivity index (χ1) is 32.2. The Hall–Kier alpha value is -8.66. The summed E-state index contributed by atoms with van der Waals surface area (Å²) in [6, 6.07) is 81.7. The lowest BCUT2D eigenvalue weighted by molar-refractivity contribution is 1.29. The van der Waals surface area contributed by atoms with Crippen molar-refractivity contribution in [1.82, 2.24) is 9.97 Å². The first kappa shape index (κ1) is 36.9. The molecule has 13 rings (SSSR count). The van der Waals surface area contributed by atoms with Crippen molar-refractivity contribution in [3.8, 4) is 33.4 Å². The number of pyridine rings is 2. The minimum Gasteiger partial charge on any atom is -0.310 e. The maximum absolute atomic E-state index is 4.69. The summed E-state index contributed by atoms with van der Waals surface area (Å²) in [6.07, 6.45) is 3.95. The predicted molar refractivity (Wildman–Crippen MR) is 276 cm³/mol. The van der Waals surface area contributed by atoms with Crippen molar-refractivity contribution < 1.29 is 0 Å². The zero-order valence-corrected chi connectivity index (χ0v) is 35.4. The van der Waals surface area contributed by atoms with Gasteiger partial charge in [-0.25, -0.2) is 0 Å². The molecule has 3 nitrogen and oxygen atoms in total. The molecular weight excluding hydrogens is 787 g/mol. The van der Waals surface area contributed by atoms with Gasteiger partial charge in [-0.2, -0.15) is 0 Å². The molecule has 0 saturated heterocycles. The Morgan fingerprint density at radius 3 is 1.22 bits per heavy atom. The van der Waals surface area contributed by atoms with Crippen LogP contribution in [0.5, 0.6) is 0 Å². The fourth-order valence-electron chi connectivity index (χ4n) is 9.87. The third-order valence-corrected chi connectivity index (χ3v) is 13.3. The molecule has 0 aliphatic carbocycles. The van der Waals surface area contributed by atoms with E-state index in [1.807, 2.05) is 24.5 Å². The Bertz CT molecular complexity index is 3840. The topological polar surface area (TPSA) is 29.0 Å². The van der Waals surface area contributed by atoms with E-state index in [2.05, 4.69) is 217 Å². The van der Waals surface area contributed by atoms with Gasteiger partial charge in [0.25, 0.3) is 0 Å². The number of hydrogen-bond acceptors (Lipinski definition) is 3. The van der Waals surface area contributed by atoms with Crippen LogP contribution < -0.4 is 4.90 Å². The van der Waals surface area contributed by atoms with Crippen LogP contribution in [0.3, 0.4) is 0 Å². The molecule has 302 valence electrons. The molecule has 11 aromatic carbocycles. The molecule has 13 aromatic rings. The van der Waals surface area contributed by atoms with Crippen LogP contribution in [0.1, 0.15) is 0 Å². The largest absolute Gasteiger partial charge is 0.310 e. The molecule has 0 unspecified atom stereocenters. The second-order valence-corrected chi connectivity index (χ2v) is 17.1. The number of fused-ring (bicyclic) bond motifs is 10. The highest BCUT2D eigenvalue weighted by molar-refractivity contribution is 6.11. The average molecular weight is 826 g/mol. The zero-order valence-electron chi connectivity index (χ0n) is 35.4. The van der Waals surface area contributed by atoms with Gasteiger partial charge in [-0.05, 0) is 149 Å². The van der Waals surface area contributed by atoms with E-state index in [0.717, 1.165) is 38.9 Å². The Morgan fingerprint density at radius 2 is 0.631 bits per heavy atom. The molecule has 3 heteroatoms. The molecule has 0 amide bonds. The number of benzene rings is 11. The minimum atomic E-state index is 1.01. The predicted octanol–water partition coefficient (Wildman–Crippen LogP) is 17.0. The van der Waals surface area contributed by atoms with Crippen LogP contribution in [0.4, 0.5) is 17.1 Å². The van der Waals surface area contributed by atoms with Gasteiger partial charge in [-0.3, -0.25) is 9.97 Å². The summed E-state index contributed by atoms with van der Waals surface area (Å²) < 4.78 is 0. The highest BCUT2D eigenvalue weighted by atomic mass is 15.1. The maximum Gasteiger partial charge on any atom is 0.0708 e. The second-order valence-electron chi connectivity index (χ2n) is 17.1. The van der Waals surface area contributed by atoms with Gasteiger partial charge in [0.2, 0.25) is 0 Å². The number of para-hydroxylation sites is 2. The van der Waals surface area contributed by atoms with Gasteiger partial charge in [-0.15, -0.1) is 0 Å². The van der Waals surface area contributed by atoms with Crippen LogP contribution in [-0.2, 0) is 0 Å². The SMILES string of the molecule is c1ccc2cc(-c3ccc4c(ccc5cc(N(c6ccc(-c7ccc8cnc9ccccc9c8c7)cc6)c6ccc(-c7ccc8cnc9ccccc9c8c7)cc6)ccc54)c3)ccc2c1. The number of aromatic nitrogens is 2. The molecule has 0 aliphatic heterocycles. The normalized spacial score (nSPS) is 11.7. The highest BCUT2D eigenvalue weighted by Gasteiger charge is 2.16. The van der Waals surface area contributed by atoms with E-state index in [1.54, 1.807) is 0 Å². The van der Waals surface area contributed by atoms with E-state index >= 15 is 0 Å². The molecule has 0 fully saturated rings. The summed E-state index contributed by atoms with van der Waals surface area (Å²) in [5.41, 5.74) is 12.4. The van der Waals surface area contributed by atoms with Gasteiger partial charge >= 0.3 is 0 Å². The van der Waals surface area contributed by atoms with Gasteiger partial charge in [0, 0.05) is 51.0 Å². The number of nitrogens with zero attached hydrogens (tertiary/aromatic N) is 3. The van der Waals surface area contributed by atoms with Crippen molar-refractivity contribution in [3.63, 3.8) is 0 Å². The van der Waals surface area contributed by atoms with Gasteiger partial charge in [0.15, 0.2) is 0 Å². The zero-order chi connectivity index (χ0) is 42.8. The van der Waals surface area contributed by atoms with Gasteiger partial charge in [0.05, 0.1) is 11.0 Å². The Kier molecular flexibility index (Phi) is 8.53. The van der Waals surface area contributed by atoms with Crippen molar-refractivity contribution in [2.24, 2.45) is 0 Å². The molecule has 65 heavy (non-hydrogen) atoms. The van der Waals surface area contributed by atoms with Crippen molar-refractivity contribution >= 4 is 92.7 Å². The lowest BCUT2D eigenvalue weighted by Gasteiger charge is -2.26. The van der Waals surface area contributed by atoms with Crippen LogP contribution in [-0.4, -0.2) is 9.97 Å². The summed E-state index contributed by atoms with van der Waals surface area (Å²) in [6.45, 7) is 0. The lowest BCUT2D eigenvalue weighted by atomic mass is 9.96. The Morgan fingerprint density at radius 1 is 0.231 bits per heavy atom. The Labute approximate surface area is 376 Å². The Balaban J connectivity index is 0.895. The second kappa shape index (κ2) is 15.0. The molecular formula is C62H39N3. The van der Waals surface area contributed by atoms with E-state index in [1.165, 1.54) is 87.2 Å². The maximum atomic E-state index is 4.69.